The summed E-state index contributed by atoms with van der Waals surface area (Å²) < 4.78 is 51.4. The van der Waals surface area contributed by atoms with Crippen LogP contribution in [0.4, 0.5) is 17.6 Å². The Morgan fingerprint density at radius 1 is 1.00 bits per heavy atom. The Morgan fingerprint density at radius 2 is 1.60 bits per heavy atom. The lowest BCUT2D eigenvalue weighted by molar-refractivity contribution is -0.137. The summed E-state index contributed by atoms with van der Waals surface area (Å²) in [4.78, 5) is 0. The van der Waals surface area contributed by atoms with Gasteiger partial charge < -0.3 is 0 Å². The van der Waals surface area contributed by atoms with Gasteiger partial charge in [0.1, 0.15) is 5.82 Å². The second-order valence-corrected chi connectivity index (χ2v) is 5.44. The average Bonchev–Trinajstić information content (AvgIpc) is 2.38. The molecule has 0 aromatic heterocycles. The van der Waals surface area contributed by atoms with Crippen LogP contribution in [0.1, 0.15) is 22.1 Å². The summed E-state index contributed by atoms with van der Waals surface area (Å²) in [5.74, 6) is -0.430. The first-order chi connectivity index (χ1) is 9.29. The van der Waals surface area contributed by atoms with Gasteiger partial charge in [-0.1, -0.05) is 28.1 Å². The SMILES string of the molecule is Fc1ccc(C(Cl)c2cc(C(F)(F)F)ccc2Br)cc1. The van der Waals surface area contributed by atoms with Gasteiger partial charge in [-0.2, -0.15) is 13.2 Å². The number of rotatable bonds is 2. The molecule has 0 aliphatic heterocycles. The van der Waals surface area contributed by atoms with E-state index in [1.165, 1.54) is 30.3 Å². The first-order valence-electron chi connectivity index (χ1n) is 5.55. The summed E-state index contributed by atoms with van der Waals surface area (Å²) in [6.07, 6.45) is -4.44. The predicted octanol–water partition coefficient (Wildman–Crippen LogP) is 5.94. The van der Waals surface area contributed by atoms with Gasteiger partial charge in [-0.25, -0.2) is 4.39 Å². The lowest BCUT2D eigenvalue weighted by atomic mass is 10.0. The van der Waals surface area contributed by atoms with Crippen molar-refractivity contribution in [3.05, 3.63) is 69.4 Å². The molecule has 2 aromatic rings. The Labute approximate surface area is 126 Å². The van der Waals surface area contributed by atoms with Crippen molar-refractivity contribution in [3.8, 4) is 0 Å². The molecule has 2 rings (SSSR count). The second kappa shape index (κ2) is 5.74. The smallest absolute Gasteiger partial charge is 0.207 e. The standard InChI is InChI=1S/C14H8BrClF4/c15-12-6-3-9(14(18,19)20)7-11(12)13(16)8-1-4-10(17)5-2-8/h1-7,13H. The molecule has 0 spiro atoms. The van der Waals surface area contributed by atoms with Crippen LogP contribution in [-0.4, -0.2) is 0 Å². The van der Waals surface area contributed by atoms with Crippen molar-refractivity contribution in [1.82, 2.24) is 0 Å². The van der Waals surface area contributed by atoms with Crippen LogP contribution in [-0.2, 0) is 6.18 Å². The van der Waals surface area contributed by atoms with E-state index in [-0.39, 0.29) is 5.56 Å². The van der Waals surface area contributed by atoms with Gasteiger partial charge in [-0.3, -0.25) is 0 Å². The van der Waals surface area contributed by atoms with Crippen molar-refractivity contribution >= 4 is 27.5 Å². The molecule has 0 saturated heterocycles. The first kappa shape index (κ1) is 15.3. The maximum absolute atomic E-state index is 12.9. The Kier molecular flexibility index (Phi) is 4.39. The van der Waals surface area contributed by atoms with Crippen molar-refractivity contribution in [2.45, 2.75) is 11.6 Å². The topological polar surface area (TPSA) is 0 Å². The molecule has 0 saturated carbocycles. The molecule has 0 fully saturated rings. The van der Waals surface area contributed by atoms with E-state index in [4.69, 9.17) is 11.6 Å². The second-order valence-electron chi connectivity index (χ2n) is 4.15. The molecular weight excluding hydrogens is 360 g/mol. The highest BCUT2D eigenvalue weighted by atomic mass is 79.9. The molecule has 1 atom stereocenters. The zero-order valence-electron chi connectivity index (χ0n) is 9.89. The van der Waals surface area contributed by atoms with Gasteiger partial charge in [0.05, 0.1) is 10.9 Å². The number of alkyl halides is 4. The fourth-order valence-corrected chi connectivity index (χ4v) is 2.66. The van der Waals surface area contributed by atoms with Gasteiger partial charge >= 0.3 is 6.18 Å². The normalized spacial score (nSPS) is 13.3. The predicted molar refractivity (Wildman–Crippen MR) is 73.2 cm³/mol. The highest BCUT2D eigenvalue weighted by Gasteiger charge is 2.31. The fraction of sp³-hybridized carbons (Fsp3) is 0.143. The minimum Gasteiger partial charge on any atom is -0.207 e. The first-order valence-corrected chi connectivity index (χ1v) is 6.78. The minimum atomic E-state index is -4.44. The highest BCUT2D eigenvalue weighted by Crippen LogP contribution is 2.38. The molecule has 20 heavy (non-hydrogen) atoms. The van der Waals surface area contributed by atoms with Gasteiger partial charge in [0, 0.05) is 4.47 Å². The van der Waals surface area contributed by atoms with Crippen LogP contribution in [0.5, 0.6) is 0 Å². The molecular formula is C14H8BrClF4. The van der Waals surface area contributed by atoms with Crippen LogP contribution in [0.2, 0.25) is 0 Å². The molecule has 2 aromatic carbocycles. The number of halogens is 6. The van der Waals surface area contributed by atoms with Gasteiger partial charge in [-0.15, -0.1) is 11.6 Å². The lowest BCUT2D eigenvalue weighted by Crippen LogP contribution is -2.06. The van der Waals surface area contributed by atoms with Crippen LogP contribution in [0, 0.1) is 5.82 Å². The van der Waals surface area contributed by atoms with Crippen LogP contribution in [0.25, 0.3) is 0 Å². The summed E-state index contributed by atoms with van der Waals surface area (Å²) in [7, 11) is 0. The third-order valence-electron chi connectivity index (χ3n) is 2.76. The molecule has 6 heteroatoms. The van der Waals surface area contributed by atoms with E-state index in [1.807, 2.05) is 0 Å². The molecule has 0 heterocycles. The van der Waals surface area contributed by atoms with Crippen molar-refractivity contribution in [2.75, 3.05) is 0 Å². The van der Waals surface area contributed by atoms with E-state index in [1.54, 1.807) is 0 Å². The van der Waals surface area contributed by atoms with Crippen LogP contribution >= 0.6 is 27.5 Å². The fourth-order valence-electron chi connectivity index (χ4n) is 1.73. The zero-order valence-corrected chi connectivity index (χ0v) is 12.2. The van der Waals surface area contributed by atoms with Gasteiger partial charge in [0.2, 0.25) is 0 Å². The third-order valence-corrected chi connectivity index (χ3v) is 3.97. The Bertz CT molecular complexity index is 608. The highest BCUT2D eigenvalue weighted by molar-refractivity contribution is 9.10. The molecule has 1 unspecified atom stereocenters. The summed E-state index contributed by atoms with van der Waals surface area (Å²) >= 11 is 9.38. The van der Waals surface area contributed by atoms with Crippen molar-refractivity contribution in [3.63, 3.8) is 0 Å². The summed E-state index contributed by atoms with van der Waals surface area (Å²) in [5, 5.41) is -0.799. The molecule has 0 bridgehead atoms. The van der Waals surface area contributed by atoms with E-state index in [2.05, 4.69) is 15.9 Å². The summed E-state index contributed by atoms with van der Waals surface area (Å²) in [5.41, 5.74) is 0.0321. The minimum absolute atomic E-state index is 0.285. The van der Waals surface area contributed by atoms with E-state index in [9.17, 15) is 17.6 Å². The average molecular weight is 368 g/mol. The van der Waals surface area contributed by atoms with E-state index in [0.717, 1.165) is 12.1 Å². The van der Waals surface area contributed by atoms with E-state index in [0.29, 0.717) is 10.0 Å². The van der Waals surface area contributed by atoms with E-state index >= 15 is 0 Å². The summed E-state index contributed by atoms with van der Waals surface area (Å²) in [6.45, 7) is 0. The molecule has 0 amide bonds. The van der Waals surface area contributed by atoms with Gasteiger partial charge in [0.15, 0.2) is 0 Å². The number of benzene rings is 2. The molecule has 0 aliphatic rings. The Hall–Kier alpha value is -1.07. The Morgan fingerprint density at radius 3 is 2.15 bits per heavy atom. The summed E-state index contributed by atoms with van der Waals surface area (Å²) in [6, 6.07) is 8.59. The monoisotopic (exact) mass is 366 g/mol. The third kappa shape index (κ3) is 3.33. The zero-order chi connectivity index (χ0) is 14.9. The number of hydrogen-bond acceptors (Lipinski definition) is 0. The van der Waals surface area contributed by atoms with Crippen molar-refractivity contribution in [2.24, 2.45) is 0 Å². The van der Waals surface area contributed by atoms with Crippen molar-refractivity contribution < 1.29 is 17.6 Å². The van der Waals surface area contributed by atoms with Crippen molar-refractivity contribution in [1.29, 1.82) is 0 Å². The van der Waals surface area contributed by atoms with Gasteiger partial charge in [-0.05, 0) is 41.5 Å². The molecule has 0 radical (unpaired) electrons. The molecule has 0 nitrogen and oxygen atoms in total. The Balaban J connectivity index is 2.43. The lowest BCUT2D eigenvalue weighted by Gasteiger charge is -2.15. The quantitative estimate of drug-likeness (QED) is 0.455. The maximum Gasteiger partial charge on any atom is 0.416 e. The van der Waals surface area contributed by atoms with Gasteiger partial charge in [0.25, 0.3) is 0 Å². The molecule has 0 aliphatic carbocycles. The number of hydrogen-bond donors (Lipinski definition) is 0. The van der Waals surface area contributed by atoms with Crippen LogP contribution < -0.4 is 0 Å². The van der Waals surface area contributed by atoms with E-state index < -0.39 is 22.9 Å². The van der Waals surface area contributed by atoms with Crippen LogP contribution in [0.15, 0.2) is 46.9 Å². The molecule has 0 N–H and O–H groups in total. The maximum atomic E-state index is 12.9. The molecule has 106 valence electrons. The van der Waals surface area contributed by atoms with Crippen LogP contribution in [0.3, 0.4) is 0 Å². The largest absolute Gasteiger partial charge is 0.416 e.